The Morgan fingerprint density at radius 1 is 1.50 bits per heavy atom. The van der Waals surface area contributed by atoms with E-state index in [0.717, 1.165) is 5.69 Å². The maximum absolute atomic E-state index is 11.1. The van der Waals surface area contributed by atoms with Crippen molar-refractivity contribution >= 4 is 17.4 Å². The number of carbonyl (C=O) groups excluding carboxylic acids is 1. The number of hydrogen-bond donors (Lipinski definition) is 4. The first-order valence-electron chi connectivity index (χ1n) is 5.84. The van der Waals surface area contributed by atoms with Gasteiger partial charge in [0.1, 0.15) is 0 Å². The molecular weight excluding hydrogens is 234 g/mol. The van der Waals surface area contributed by atoms with Crippen molar-refractivity contribution in [3.63, 3.8) is 0 Å². The molecule has 0 fully saturated rings. The number of nitrogens with one attached hydrogen (secondary N) is 3. The van der Waals surface area contributed by atoms with Gasteiger partial charge >= 0.3 is 0 Å². The number of hydrogen-bond acceptors (Lipinski definition) is 6. The van der Waals surface area contributed by atoms with Gasteiger partial charge in [0.15, 0.2) is 5.82 Å². The lowest BCUT2D eigenvalue weighted by atomic mass is 10.2. The number of aromatic nitrogens is 2. The Hall–Kier alpha value is -1.89. The van der Waals surface area contributed by atoms with Crippen LogP contribution in [0.3, 0.4) is 0 Å². The third kappa shape index (κ3) is 4.17. The molecule has 1 atom stereocenters. The van der Waals surface area contributed by atoms with Gasteiger partial charge < -0.3 is 10.4 Å². The highest BCUT2D eigenvalue weighted by Crippen LogP contribution is 2.16. The highest BCUT2D eigenvalue weighted by Gasteiger charge is 2.09. The number of hydrazine groups is 1. The molecule has 0 aliphatic carbocycles. The van der Waals surface area contributed by atoms with Crippen molar-refractivity contribution in [3.05, 3.63) is 11.8 Å². The minimum Gasteiger partial charge on any atom is -0.393 e. The van der Waals surface area contributed by atoms with Crippen LogP contribution in [0, 0.1) is 0 Å². The quantitative estimate of drug-likeness (QED) is 0.544. The van der Waals surface area contributed by atoms with Crippen LogP contribution in [0.5, 0.6) is 0 Å². The van der Waals surface area contributed by atoms with Gasteiger partial charge in [-0.2, -0.15) is 5.10 Å². The van der Waals surface area contributed by atoms with Crippen LogP contribution in [0.25, 0.3) is 0 Å². The molecule has 1 aromatic heterocycles. The van der Waals surface area contributed by atoms with Gasteiger partial charge in [-0.3, -0.25) is 15.6 Å². The van der Waals surface area contributed by atoms with Crippen LogP contribution in [0.4, 0.5) is 11.5 Å². The zero-order valence-electron chi connectivity index (χ0n) is 10.8. The van der Waals surface area contributed by atoms with E-state index in [2.05, 4.69) is 26.4 Å². The first kappa shape index (κ1) is 14.2. The van der Waals surface area contributed by atoms with E-state index in [4.69, 9.17) is 0 Å². The molecule has 1 amide bonds. The summed E-state index contributed by atoms with van der Waals surface area (Å²) in [5, 5.41) is 20.2. The molecule has 100 valence electrons. The lowest BCUT2D eigenvalue weighted by molar-refractivity contribution is -0.120. The average molecular weight is 253 g/mol. The van der Waals surface area contributed by atoms with Gasteiger partial charge in [-0.25, -0.2) is 0 Å². The van der Waals surface area contributed by atoms with Crippen molar-refractivity contribution in [1.29, 1.82) is 0 Å². The van der Waals surface area contributed by atoms with Crippen LogP contribution < -0.4 is 16.2 Å². The number of aliphatic hydroxyl groups is 1. The van der Waals surface area contributed by atoms with Crippen molar-refractivity contribution in [2.24, 2.45) is 0 Å². The molecule has 7 nitrogen and oxygen atoms in total. The number of carbonyl (C=O) groups is 1. The maximum atomic E-state index is 11.1. The second-order valence-corrected chi connectivity index (χ2v) is 3.92. The van der Waals surface area contributed by atoms with Crippen LogP contribution in [0.2, 0.25) is 0 Å². The maximum Gasteiger partial charge on any atom is 0.238 e. The number of rotatable bonds is 6. The molecule has 0 saturated carbocycles. The molecule has 7 heteroatoms. The first-order valence-corrected chi connectivity index (χ1v) is 5.84. The van der Waals surface area contributed by atoms with E-state index in [0.29, 0.717) is 24.4 Å². The smallest absolute Gasteiger partial charge is 0.238 e. The number of aliphatic hydroxyl groups excluding tert-OH is 1. The first-order chi connectivity index (χ1) is 8.56. The second kappa shape index (κ2) is 6.75. The standard InChI is InChI=1S/C11H19N5O2/c1-4-11(18)16-15-10-6-8(12-3)9(13-14-10)5-7(2)17/h6-7,17H,4-5H2,1-3H3,(H,16,18)(H2,12,14,15). The van der Waals surface area contributed by atoms with E-state index >= 15 is 0 Å². The molecule has 1 heterocycles. The highest BCUT2D eigenvalue weighted by atomic mass is 16.3. The van der Waals surface area contributed by atoms with Crippen molar-refractivity contribution in [2.75, 3.05) is 17.8 Å². The second-order valence-electron chi connectivity index (χ2n) is 3.92. The number of amides is 1. The Labute approximate surface area is 106 Å². The monoisotopic (exact) mass is 253 g/mol. The fraction of sp³-hybridized carbons (Fsp3) is 0.545. The summed E-state index contributed by atoms with van der Waals surface area (Å²) < 4.78 is 0. The molecule has 1 rings (SSSR count). The fourth-order valence-electron chi connectivity index (χ4n) is 1.35. The zero-order chi connectivity index (χ0) is 13.5. The molecule has 0 bridgehead atoms. The summed E-state index contributed by atoms with van der Waals surface area (Å²) in [6.45, 7) is 3.45. The number of nitrogens with zero attached hydrogens (tertiary/aromatic N) is 2. The normalized spacial score (nSPS) is 11.8. The average Bonchev–Trinajstić information content (AvgIpc) is 2.36. The van der Waals surface area contributed by atoms with Crippen LogP contribution in [0.1, 0.15) is 26.0 Å². The van der Waals surface area contributed by atoms with E-state index < -0.39 is 6.10 Å². The van der Waals surface area contributed by atoms with Gasteiger partial charge in [0.05, 0.1) is 17.5 Å². The van der Waals surface area contributed by atoms with E-state index in [1.165, 1.54) is 0 Å². The van der Waals surface area contributed by atoms with Gasteiger partial charge in [-0.15, -0.1) is 5.10 Å². The fourth-order valence-corrected chi connectivity index (χ4v) is 1.35. The lowest BCUT2D eigenvalue weighted by Crippen LogP contribution is -2.29. The summed E-state index contributed by atoms with van der Waals surface area (Å²) >= 11 is 0. The third-order valence-electron chi connectivity index (χ3n) is 2.28. The highest BCUT2D eigenvalue weighted by molar-refractivity contribution is 5.76. The Balaban J connectivity index is 2.75. The molecule has 4 N–H and O–H groups in total. The molecule has 0 aliphatic rings. The van der Waals surface area contributed by atoms with Gasteiger partial charge in [-0.05, 0) is 6.92 Å². The minimum atomic E-state index is -0.481. The number of anilines is 2. The van der Waals surface area contributed by atoms with Gasteiger partial charge in [0.25, 0.3) is 0 Å². The molecule has 18 heavy (non-hydrogen) atoms. The summed E-state index contributed by atoms with van der Waals surface area (Å²) in [6.07, 6.45) is 0.328. The Morgan fingerprint density at radius 3 is 2.78 bits per heavy atom. The van der Waals surface area contributed by atoms with Crippen molar-refractivity contribution < 1.29 is 9.90 Å². The summed E-state index contributed by atoms with van der Waals surface area (Å²) in [6, 6.07) is 1.72. The molecule has 0 aromatic carbocycles. The molecule has 0 radical (unpaired) electrons. The Kier molecular flexibility index (Phi) is 5.31. The van der Waals surface area contributed by atoms with E-state index in [-0.39, 0.29) is 5.91 Å². The van der Waals surface area contributed by atoms with Crippen molar-refractivity contribution in [2.45, 2.75) is 32.8 Å². The van der Waals surface area contributed by atoms with Crippen LogP contribution in [-0.4, -0.2) is 34.4 Å². The molecule has 1 aromatic rings. The predicted octanol–water partition coefficient (Wildman–Crippen LogP) is 0.295. The van der Waals surface area contributed by atoms with Crippen LogP contribution >= 0.6 is 0 Å². The SMILES string of the molecule is CCC(=O)NNc1cc(NC)c(CC(C)O)nn1. The van der Waals surface area contributed by atoms with Gasteiger partial charge in [0.2, 0.25) is 5.91 Å². The van der Waals surface area contributed by atoms with Crippen LogP contribution in [0.15, 0.2) is 6.07 Å². The lowest BCUT2D eigenvalue weighted by Gasteiger charge is -2.12. The topological polar surface area (TPSA) is 99.2 Å². The third-order valence-corrected chi connectivity index (χ3v) is 2.28. The summed E-state index contributed by atoms with van der Waals surface area (Å²) in [5.74, 6) is 0.311. The summed E-state index contributed by atoms with van der Waals surface area (Å²) in [7, 11) is 1.76. The van der Waals surface area contributed by atoms with Crippen LogP contribution in [-0.2, 0) is 11.2 Å². The molecular formula is C11H19N5O2. The summed E-state index contributed by atoms with van der Waals surface area (Å²) in [5.41, 5.74) is 6.61. The minimum absolute atomic E-state index is 0.129. The Morgan fingerprint density at radius 2 is 2.22 bits per heavy atom. The van der Waals surface area contributed by atoms with Gasteiger partial charge in [0, 0.05) is 26.0 Å². The molecule has 0 spiro atoms. The zero-order valence-corrected chi connectivity index (χ0v) is 10.8. The largest absolute Gasteiger partial charge is 0.393 e. The predicted molar refractivity (Wildman–Crippen MR) is 69.0 cm³/mol. The van der Waals surface area contributed by atoms with E-state index in [1.54, 1.807) is 27.0 Å². The molecule has 0 saturated heterocycles. The van der Waals surface area contributed by atoms with E-state index in [1.807, 2.05) is 0 Å². The van der Waals surface area contributed by atoms with Crippen molar-refractivity contribution in [3.8, 4) is 0 Å². The molecule has 1 unspecified atom stereocenters. The van der Waals surface area contributed by atoms with Crippen molar-refractivity contribution in [1.82, 2.24) is 15.6 Å². The summed E-state index contributed by atoms with van der Waals surface area (Å²) in [4.78, 5) is 11.1. The Bertz CT molecular complexity index is 408. The van der Waals surface area contributed by atoms with E-state index in [9.17, 15) is 9.90 Å². The van der Waals surface area contributed by atoms with Gasteiger partial charge in [-0.1, -0.05) is 6.92 Å². The molecule has 0 aliphatic heterocycles.